The predicted molar refractivity (Wildman–Crippen MR) is 87.9 cm³/mol. The molecule has 22 heavy (non-hydrogen) atoms. The molecule has 1 aromatic heterocycles. The van der Waals surface area contributed by atoms with E-state index in [4.69, 9.17) is 5.73 Å². The number of hydrogen-bond acceptors (Lipinski definition) is 3. The Balaban J connectivity index is 1.90. The number of H-pyrrole nitrogens is 1. The minimum absolute atomic E-state index is 0.287. The summed E-state index contributed by atoms with van der Waals surface area (Å²) in [6, 6.07) is 16.9. The van der Waals surface area contributed by atoms with Gasteiger partial charge >= 0.3 is 0 Å². The smallest absolute Gasteiger partial charge is 0.260 e. The molecule has 3 aromatic rings. The van der Waals surface area contributed by atoms with Gasteiger partial charge in [-0.25, -0.2) is 4.98 Å². The van der Waals surface area contributed by atoms with E-state index in [-0.39, 0.29) is 5.91 Å². The van der Waals surface area contributed by atoms with E-state index in [2.05, 4.69) is 15.3 Å². The maximum atomic E-state index is 12.5. The second-order valence-corrected chi connectivity index (χ2v) is 4.98. The number of rotatable bonds is 3. The van der Waals surface area contributed by atoms with Gasteiger partial charge in [0.15, 0.2) is 0 Å². The Hall–Kier alpha value is -3.08. The summed E-state index contributed by atoms with van der Waals surface area (Å²) in [6.07, 6.45) is 0. The van der Waals surface area contributed by atoms with E-state index in [9.17, 15) is 4.79 Å². The molecule has 0 saturated heterocycles. The third-order valence-electron chi connectivity index (χ3n) is 3.31. The quantitative estimate of drug-likeness (QED) is 0.649. The van der Waals surface area contributed by atoms with Gasteiger partial charge in [0.2, 0.25) is 5.95 Å². The Labute approximate surface area is 127 Å². The summed E-state index contributed by atoms with van der Waals surface area (Å²) in [5.74, 6) is 0.117. The standard InChI is InChI=1S/C17H16N4O/c1-11(18)15(12-7-3-2-4-8-12)16(22)21-17-19-13-9-5-6-10-14(13)20-17/h2-10H,18H2,1H3,(H2,19,20,21,22)/b15-11-. The van der Waals surface area contributed by atoms with Crippen molar-refractivity contribution in [1.82, 2.24) is 9.97 Å². The molecule has 0 fully saturated rings. The Morgan fingerprint density at radius 3 is 2.45 bits per heavy atom. The summed E-state index contributed by atoms with van der Waals surface area (Å²) in [6.45, 7) is 1.71. The fourth-order valence-corrected chi connectivity index (χ4v) is 2.32. The summed E-state index contributed by atoms with van der Waals surface area (Å²) >= 11 is 0. The van der Waals surface area contributed by atoms with Crippen molar-refractivity contribution < 1.29 is 4.79 Å². The van der Waals surface area contributed by atoms with E-state index in [1.165, 1.54) is 0 Å². The van der Waals surface area contributed by atoms with Crippen LogP contribution in [0.2, 0.25) is 0 Å². The van der Waals surface area contributed by atoms with E-state index in [1.807, 2.05) is 54.6 Å². The van der Waals surface area contributed by atoms with Gasteiger partial charge in [-0.15, -0.1) is 0 Å². The van der Waals surface area contributed by atoms with Gasteiger partial charge in [0.05, 0.1) is 16.6 Å². The number of amides is 1. The summed E-state index contributed by atoms with van der Waals surface area (Å²) in [5.41, 5.74) is 9.23. The molecule has 1 amide bonds. The number of hydrogen-bond donors (Lipinski definition) is 3. The van der Waals surface area contributed by atoms with Crippen LogP contribution in [0, 0.1) is 0 Å². The molecule has 0 aliphatic rings. The number of benzene rings is 2. The van der Waals surface area contributed by atoms with Crippen molar-refractivity contribution in [1.29, 1.82) is 0 Å². The fourth-order valence-electron chi connectivity index (χ4n) is 2.32. The van der Waals surface area contributed by atoms with E-state index < -0.39 is 0 Å². The van der Waals surface area contributed by atoms with E-state index >= 15 is 0 Å². The fraction of sp³-hybridized carbons (Fsp3) is 0.0588. The highest BCUT2D eigenvalue weighted by Crippen LogP contribution is 2.19. The van der Waals surface area contributed by atoms with Gasteiger partial charge in [-0.1, -0.05) is 42.5 Å². The number of anilines is 1. The Bertz CT molecular complexity index is 812. The molecular weight excluding hydrogens is 276 g/mol. The lowest BCUT2D eigenvalue weighted by Gasteiger charge is -2.09. The lowest BCUT2D eigenvalue weighted by atomic mass is 10.0. The van der Waals surface area contributed by atoms with Gasteiger partial charge in [-0.2, -0.15) is 0 Å². The first kappa shape index (κ1) is 13.9. The lowest BCUT2D eigenvalue weighted by Crippen LogP contribution is -2.17. The minimum atomic E-state index is -0.287. The van der Waals surface area contributed by atoms with Crippen molar-refractivity contribution in [3.63, 3.8) is 0 Å². The van der Waals surface area contributed by atoms with Crippen LogP contribution >= 0.6 is 0 Å². The Morgan fingerprint density at radius 1 is 1.09 bits per heavy atom. The number of carbonyl (C=O) groups excluding carboxylic acids is 1. The molecule has 0 saturated carbocycles. The number of nitrogens with one attached hydrogen (secondary N) is 2. The van der Waals surface area contributed by atoms with Crippen molar-refractivity contribution in [3.8, 4) is 0 Å². The number of imidazole rings is 1. The van der Waals surface area contributed by atoms with Crippen LogP contribution in [0.3, 0.4) is 0 Å². The summed E-state index contributed by atoms with van der Waals surface area (Å²) in [5, 5.41) is 2.77. The highest BCUT2D eigenvalue weighted by Gasteiger charge is 2.15. The van der Waals surface area contributed by atoms with Crippen LogP contribution in [0.5, 0.6) is 0 Å². The molecule has 3 rings (SSSR count). The molecule has 2 aromatic carbocycles. The molecule has 110 valence electrons. The molecule has 0 atom stereocenters. The first-order valence-electron chi connectivity index (χ1n) is 6.93. The number of fused-ring (bicyclic) bond motifs is 1. The Kier molecular flexibility index (Phi) is 3.62. The highest BCUT2D eigenvalue weighted by molar-refractivity contribution is 6.25. The van der Waals surface area contributed by atoms with Crippen LogP contribution in [0.25, 0.3) is 16.6 Å². The molecule has 0 spiro atoms. The van der Waals surface area contributed by atoms with Gasteiger partial charge in [0, 0.05) is 5.70 Å². The maximum absolute atomic E-state index is 12.5. The second-order valence-electron chi connectivity index (χ2n) is 4.98. The molecule has 5 heteroatoms. The first-order chi connectivity index (χ1) is 10.6. The number of para-hydroxylation sites is 2. The first-order valence-corrected chi connectivity index (χ1v) is 6.93. The zero-order valence-corrected chi connectivity index (χ0v) is 12.1. The molecular formula is C17H16N4O. The van der Waals surface area contributed by atoms with Gasteiger partial charge in [0.1, 0.15) is 0 Å². The predicted octanol–water partition coefficient (Wildman–Crippen LogP) is 2.89. The third kappa shape index (κ3) is 2.69. The SMILES string of the molecule is C/C(N)=C(/C(=O)Nc1nc2ccccc2[nH]1)c1ccccc1. The molecule has 4 N–H and O–H groups in total. The highest BCUT2D eigenvalue weighted by atomic mass is 16.1. The molecule has 5 nitrogen and oxygen atoms in total. The van der Waals surface area contributed by atoms with Gasteiger partial charge in [0.25, 0.3) is 5.91 Å². The van der Waals surface area contributed by atoms with Crippen molar-refractivity contribution in [2.75, 3.05) is 5.32 Å². The topological polar surface area (TPSA) is 83.8 Å². The molecule has 0 aliphatic carbocycles. The number of nitrogens with zero attached hydrogens (tertiary/aromatic N) is 1. The zero-order chi connectivity index (χ0) is 15.5. The molecule has 1 heterocycles. The summed E-state index contributed by atoms with van der Waals surface area (Å²) in [4.78, 5) is 19.9. The van der Waals surface area contributed by atoms with Crippen LogP contribution in [-0.2, 0) is 4.79 Å². The van der Waals surface area contributed by atoms with Gasteiger partial charge in [-0.05, 0) is 24.6 Å². The van der Waals surface area contributed by atoms with Gasteiger partial charge in [-0.3, -0.25) is 10.1 Å². The monoisotopic (exact) mass is 292 g/mol. The van der Waals surface area contributed by atoms with Crippen LogP contribution in [0.15, 0.2) is 60.3 Å². The maximum Gasteiger partial charge on any atom is 0.260 e. The third-order valence-corrected chi connectivity index (χ3v) is 3.31. The average molecular weight is 292 g/mol. The molecule has 0 aliphatic heterocycles. The van der Waals surface area contributed by atoms with Crippen molar-refractivity contribution >= 4 is 28.5 Å². The summed E-state index contributed by atoms with van der Waals surface area (Å²) < 4.78 is 0. The van der Waals surface area contributed by atoms with E-state index in [1.54, 1.807) is 6.92 Å². The second kappa shape index (κ2) is 5.73. The van der Waals surface area contributed by atoms with Crippen molar-refractivity contribution in [2.24, 2.45) is 5.73 Å². The van der Waals surface area contributed by atoms with Gasteiger partial charge < -0.3 is 10.7 Å². The average Bonchev–Trinajstić information content (AvgIpc) is 2.90. The number of nitrogens with two attached hydrogens (primary N) is 1. The van der Waals surface area contributed by atoms with E-state index in [0.29, 0.717) is 17.2 Å². The van der Waals surface area contributed by atoms with Crippen LogP contribution < -0.4 is 11.1 Å². The Morgan fingerprint density at radius 2 is 1.77 bits per heavy atom. The number of aromatic amines is 1. The molecule has 0 radical (unpaired) electrons. The van der Waals surface area contributed by atoms with E-state index in [0.717, 1.165) is 16.6 Å². The lowest BCUT2D eigenvalue weighted by molar-refractivity contribution is -0.111. The number of aromatic nitrogens is 2. The van der Waals surface area contributed by atoms with Crippen molar-refractivity contribution in [2.45, 2.75) is 6.92 Å². The summed E-state index contributed by atoms with van der Waals surface area (Å²) in [7, 11) is 0. The van der Waals surface area contributed by atoms with Crippen LogP contribution in [-0.4, -0.2) is 15.9 Å². The largest absolute Gasteiger partial charge is 0.402 e. The number of allylic oxidation sites excluding steroid dienone is 1. The molecule has 0 unspecified atom stereocenters. The number of carbonyl (C=O) groups is 1. The van der Waals surface area contributed by atoms with Crippen molar-refractivity contribution in [3.05, 3.63) is 65.9 Å². The normalized spacial score (nSPS) is 12.0. The molecule has 0 bridgehead atoms. The van der Waals surface area contributed by atoms with Crippen LogP contribution in [0.4, 0.5) is 5.95 Å². The van der Waals surface area contributed by atoms with Crippen LogP contribution in [0.1, 0.15) is 12.5 Å². The zero-order valence-electron chi connectivity index (χ0n) is 12.1. The minimum Gasteiger partial charge on any atom is -0.402 e.